The third-order valence-corrected chi connectivity index (χ3v) is 6.53. The van der Waals surface area contributed by atoms with Gasteiger partial charge >= 0.3 is 0 Å². The molecule has 1 nitrogen and oxygen atoms in total. The zero-order valence-corrected chi connectivity index (χ0v) is 15.1. The van der Waals surface area contributed by atoms with E-state index < -0.39 is 17.2 Å². The molecule has 0 unspecified atom stereocenters. The second kappa shape index (κ2) is 8.91. The molecule has 0 atom stereocenters. The van der Waals surface area contributed by atoms with Crippen molar-refractivity contribution in [2.24, 2.45) is 17.8 Å². The van der Waals surface area contributed by atoms with Crippen LogP contribution in [0.25, 0.3) is 0 Å². The van der Waals surface area contributed by atoms with Gasteiger partial charge in [0.25, 0.3) is 0 Å². The van der Waals surface area contributed by atoms with Crippen molar-refractivity contribution >= 4 is 6.29 Å². The lowest BCUT2D eigenvalue weighted by Crippen LogP contribution is -2.27. The van der Waals surface area contributed by atoms with E-state index in [0.29, 0.717) is 17.9 Å². The van der Waals surface area contributed by atoms with Gasteiger partial charge in [0.05, 0.1) is 5.56 Å². The summed E-state index contributed by atoms with van der Waals surface area (Å²) in [5.74, 6) is 0.827. The normalized spacial score (nSPS) is 20.1. The first-order valence-electron chi connectivity index (χ1n) is 10.1. The van der Waals surface area contributed by atoms with Crippen molar-refractivity contribution in [2.75, 3.05) is 0 Å². The molecule has 0 aliphatic heterocycles. The van der Waals surface area contributed by atoms with Gasteiger partial charge in [-0.3, -0.25) is 4.79 Å². The molecule has 2 aliphatic carbocycles. The van der Waals surface area contributed by atoms with Crippen LogP contribution < -0.4 is 0 Å². The topological polar surface area (TPSA) is 17.1 Å². The summed E-state index contributed by atoms with van der Waals surface area (Å²) >= 11 is 0. The largest absolute Gasteiger partial charge is 0.298 e. The fourth-order valence-electron chi connectivity index (χ4n) is 5.21. The van der Waals surface area contributed by atoms with Crippen molar-refractivity contribution in [1.82, 2.24) is 0 Å². The maximum atomic E-state index is 13.9. The smallest absolute Gasteiger partial charge is 0.155 e. The molecule has 1 aromatic carbocycles. The Bertz CT molecular complexity index is 530. The maximum Gasteiger partial charge on any atom is 0.155 e. The Morgan fingerprint density at radius 3 is 1.80 bits per heavy atom. The lowest BCUT2D eigenvalue weighted by atomic mass is 9.68. The van der Waals surface area contributed by atoms with Gasteiger partial charge in [0, 0.05) is 0 Å². The van der Waals surface area contributed by atoms with Crippen LogP contribution in [0.4, 0.5) is 8.78 Å². The second-order valence-corrected chi connectivity index (χ2v) is 8.09. The molecule has 1 aromatic rings. The highest BCUT2D eigenvalue weighted by atomic mass is 19.1. The van der Waals surface area contributed by atoms with Gasteiger partial charge in [-0.2, -0.15) is 0 Å². The van der Waals surface area contributed by atoms with Gasteiger partial charge in [0.15, 0.2) is 6.29 Å². The van der Waals surface area contributed by atoms with Gasteiger partial charge in [0.1, 0.15) is 11.6 Å². The monoisotopic (exact) mass is 348 g/mol. The van der Waals surface area contributed by atoms with Crippen molar-refractivity contribution in [3.63, 3.8) is 0 Å². The van der Waals surface area contributed by atoms with Crippen LogP contribution in [0.2, 0.25) is 0 Å². The number of benzene rings is 1. The summed E-state index contributed by atoms with van der Waals surface area (Å²) in [5, 5.41) is 0. The molecule has 0 heterocycles. The number of carbonyl (C=O) groups excluding carboxylic acids is 1. The van der Waals surface area contributed by atoms with Gasteiger partial charge in [-0.15, -0.1) is 0 Å². The Kier molecular flexibility index (Phi) is 6.61. The number of halogens is 2. The summed E-state index contributed by atoms with van der Waals surface area (Å²) < 4.78 is 27.7. The Morgan fingerprint density at radius 1 is 0.880 bits per heavy atom. The molecular weight excluding hydrogens is 318 g/mol. The highest BCUT2D eigenvalue weighted by molar-refractivity contribution is 5.75. The second-order valence-electron chi connectivity index (χ2n) is 8.09. The first-order chi connectivity index (χ1) is 12.2. The molecule has 0 N–H and O–H groups in total. The summed E-state index contributed by atoms with van der Waals surface area (Å²) in [7, 11) is 0. The number of carbonyl (C=O) groups is 1. The number of hydrogen-bond acceptors (Lipinski definition) is 1. The molecule has 2 aliphatic rings. The molecule has 25 heavy (non-hydrogen) atoms. The van der Waals surface area contributed by atoms with Crippen LogP contribution in [0.5, 0.6) is 0 Å². The third-order valence-electron chi connectivity index (χ3n) is 6.53. The van der Waals surface area contributed by atoms with E-state index in [4.69, 9.17) is 0 Å². The molecule has 0 bridgehead atoms. The van der Waals surface area contributed by atoms with Crippen molar-refractivity contribution < 1.29 is 13.6 Å². The highest BCUT2D eigenvalue weighted by Crippen LogP contribution is 2.42. The van der Waals surface area contributed by atoms with Crippen LogP contribution >= 0.6 is 0 Å². The molecule has 2 fully saturated rings. The van der Waals surface area contributed by atoms with Crippen molar-refractivity contribution in [2.45, 2.75) is 77.0 Å². The number of rotatable bonds is 6. The number of aryl methyl sites for hydroxylation is 1. The zero-order valence-electron chi connectivity index (χ0n) is 15.1. The Labute approximate surface area is 150 Å². The average molecular weight is 348 g/mol. The van der Waals surface area contributed by atoms with E-state index in [1.807, 2.05) is 0 Å². The first-order valence-corrected chi connectivity index (χ1v) is 10.1. The molecule has 3 rings (SSSR count). The molecule has 138 valence electrons. The minimum absolute atomic E-state index is 0.265. The van der Waals surface area contributed by atoms with Gasteiger partial charge in [-0.25, -0.2) is 8.78 Å². The predicted molar refractivity (Wildman–Crippen MR) is 96.7 cm³/mol. The van der Waals surface area contributed by atoms with Gasteiger partial charge in [0.2, 0.25) is 0 Å². The molecular formula is C22H30F2O. The van der Waals surface area contributed by atoms with E-state index >= 15 is 0 Å². The molecule has 2 saturated carbocycles. The number of hydrogen-bond donors (Lipinski definition) is 0. The Hall–Kier alpha value is -1.25. The van der Waals surface area contributed by atoms with Crippen molar-refractivity contribution in [1.29, 1.82) is 0 Å². The molecule has 3 heteroatoms. The zero-order chi connectivity index (χ0) is 17.6. The van der Waals surface area contributed by atoms with Crippen molar-refractivity contribution in [3.8, 4) is 0 Å². The Morgan fingerprint density at radius 2 is 1.36 bits per heavy atom. The minimum atomic E-state index is -0.725. The number of aldehydes is 1. The fraction of sp³-hybridized carbons (Fsp3) is 0.682. The van der Waals surface area contributed by atoms with Crippen LogP contribution in [0, 0.1) is 29.4 Å². The van der Waals surface area contributed by atoms with Gasteiger partial charge in [-0.1, -0.05) is 64.2 Å². The van der Waals surface area contributed by atoms with Crippen LogP contribution in [-0.2, 0) is 6.42 Å². The quantitative estimate of drug-likeness (QED) is 0.537. The lowest BCUT2D eigenvalue weighted by molar-refractivity contribution is 0.111. The molecule has 0 saturated heterocycles. The molecule has 0 aromatic heterocycles. The SMILES string of the molecule is O=Cc1c(F)cc(CCC(C2CCCCC2)C2CCCCC2)cc1F. The van der Waals surface area contributed by atoms with Crippen LogP contribution in [0.15, 0.2) is 12.1 Å². The summed E-state index contributed by atoms with van der Waals surface area (Å²) in [6, 6.07) is 2.71. The summed E-state index contributed by atoms with van der Waals surface area (Å²) in [4.78, 5) is 10.8. The van der Waals surface area contributed by atoms with Gasteiger partial charge < -0.3 is 0 Å². The standard InChI is InChI=1S/C22H30F2O/c23-21-13-16(14-22(24)20(21)15-25)11-12-19(17-7-3-1-4-8-17)18-9-5-2-6-10-18/h13-15,17-19H,1-12H2. The molecule has 0 amide bonds. The summed E-state index contributed by atoms with van der Waals surface area (Å²) in [6.07, 6.45) is 15.4. The highest BCUT2D eigenvalue weighted by Gasteiger charge is 2.31. The predicted octanol–water partition coefficient (Wildman–Crippen LogP) is 6.49. The molecule has 0 spiro atoms. The maximum absolute atomic E-state index is 13.9. The summed E-state index contributed by atoms with van der Waals surface area (Å²) in [6.45, 7) is 0. The van der Waals surface area contributed by atoms with Crippen LogP contribution in [0.3, 0.4) is 0 Å². The lowest BCUT2D eigenvalue weighted by Gasteiger charge is -2.38. The van der Waals surface area contributed by atoms with Crippen LogP contribution in [-0.4, -0.2) is 6.29 Å². The van der Waals surface area contributed by atoms with E-state index in [1.54, 1.807) is 0 Å². The van der Waals surface area contributed by atoms with Crippen LogP contribution in [0.1, 0.15) is 86.6 Å². The molecule has 0 radical (unpaired) electrons. The van der Waals surface area contributed by atoms with E-state index in [1.165, 1.54) is 76.3 Å². The van der Waals surface area contributed by atoms with Gasteiger partial charge in [-0.05, 0) is 48.3 Å². The Balaban J connectivity index is 1.70. The minimum Gasteiger partial charge on any atom is -0.298 e. The van der Waals surface area contributed by atoms with E-state index in [2.05, 4.69) is 0 Å². The van der Waals surface area contributed by atoms with E-state index in [9.17, 15) is 13.6 Å². The van der Waals surface area contributed by atoms with E-state index in [-0.39, 0.29) is 6.29 Å². The third kappa shape index (κ3) is 4.68. The summed E-state index contributed by atoms with van der Waals surface area (Å²) in [5.41, 5.74) is 0.247. The van der Waals surface area contributed by atoms with E-state index in [0.717, 1.165) is 18.3 Å². The average Bonchev–Trinajstić information content (AvgIpc) is 2.63. The fourth-order valence-corrected chi connectivity index (χ4v) is 5.21. The van der Waals surface area contributed by atoms with Crippen molar-refractivity contribution in [3.05, 3.63) is 34.9 Å². The first kappa shape index (κ1) is 18.5.